The number of anilines is 1. The van der Waals surface area contributed by atoms with Crippen LogP contribution in [0.15, 0.2) is 24.3 Å². The van der Waals surface area contributed by atoms with E-state index in [1.54, 1.807) is 13.2 Å². The number of nitrogens with zero attached hydrogens (tertiary/aromatic N) is 1. The lowest BCUT2D eigenvalue weighted by atomic mass is 10.2. The van der Waals surface area contributed by atoms with E-state index in [9.17, 15) is 4.79 Å². The van der Waals surface area contributed by atoms with Gasteiger partial charge in [-0.1, -0.05) is 12.1 Å². The fourth-order valence-corrected chi connectivity index (χ4v) is 2.68. The van der Waals surface area contributed by atoms with Gasteiger partial charge in [0.1, 0.15) is 9.88 Å². The number of carbonyl (C=O) groups excluding carboxylic acids is 1. The minimum atomic E-state index is -0.412. The average Bonchev–Trinajstić information content (AvgIpc) is 2.83. The molecule has 0 bridgehead atoms. The van der Waals surface area contributed by atoms with E-state index in [-0.39, 0.29) is 6.61 Å². The molecule has 2 rings (SSSR count). The van der Waals surface area contributed by atoms with Crippen molar-refractivity contribution < 1.29 is 14.3 Å². The minimum Gasteiger partial charge on any atom is -0.465 e. The molecule has 2 N–H and O–H groups in total. The van der Waals surface area contributed by atoms with E-state index in [0.29, 0.717) is 21.3 Å². The molecule has 0 fully saturated rings. The molecule has 6 heteroatoms. The van der Waals surface area contributed by atoms with Gasteiger partial charge < -0.3 is 15.2 Å². The largest absolute Gasteiger partial charge is 0.465 e. The summed E-state index contributed by atoms with van der Waals surface area (Å²) in [4.78, 5) is 16.6. The molecule has 100 valence electrons. The van der Waals surface area contributed by atoms with Gasteiger partial charge in [-0.3, -0.25) is 0 Å². The van der Waals surface area contributed by atoms with Crippen LogP contribution in [0.25, 0.3) is 10.6 Å². The van der Waals surface area contributed by atoms with Gasteiger partial charge in [0.2, 0.25) is 0 Å². The SMILES string of the molecule is COCc1nc(-c2ccccc2N)sc1C(=O)OC. The van der Waals surface area contributed by atoms with Crippen molar-refractivity contribution in [2.24, 2.45) is 0 Å². The summed E-state index contributed by atoms with van der Waals surface area (Å²) in [6.45, 7) is 0.258. The Bertz CT molecular complexity index is 595. The Labute approximate surface area is 115 Å². The second-order valence-corrected chi connectivity index (χ2v) is 4.81. The van der Waals surface area contributed by atoms with Crippen LogP contribution in [0.2, 0.25) is 0 Å². The highest BCUT2D eigenvalue weighted by atomic mass is 32.1. The number of hydrogen-bond acceptors (Lipinski definition) is 6. The van der Waals surface area contributed by atoms with Crippen LogP contribution >= 0.6 is 11.3 Å². The fraction of sp³-hybridized carbons (Fsp3) is 0.231. The monoisotopic (exact) mass is 278 g/mol. The van der Waals surface area contributed by atoms with E-state index in [1.165, 1.54) is 18.4 Å². The molecule has 0 saturated heterocycles. The molecule has 0 spiro atoms. The van der Waals surface area contributed by atoms with Crippen LogP contribution in [0.3, 0.4) is 0 Å². The minimum absolute atomic E-state index is 0.258. The molecule has 1 heterocycles. The van der Waals surface area contributed by atoms with Crippen LogP contribution < -0.4 is 5.73 Å². The molecule has 19 heavy (non-hydrogen) atoms. The van der Waals surface area contributed by atoms with Gasteiger partial charge in [-0.25, -0.2) is 9.78 Å². The molecule has 0 atom stereocenters. The van der Waals surface area contributed by atoms with Gasteiger partial charge in [0.15, 0.2) is 0 Å². The quantitative estimate of drug-likeness (QED) is 0.686. The van der Waals surface area contributed by atoms with Crippen LogP contribution in [0.5, 0.6) is 0 Å². The number of rotatable bonds is 4. The van der Waals surface area contributed by atoms with Gasteiger partial charge in [-0.2, -0.15) is 0 Å². The van der Waals surface area contributed by atoms with Crippen molar-refractivity contribution in [2.75, 3.05) is 20.0 Å². The van der Waals surface area contributed by atoms with Crippen LogP contribution in [0.4, 0.5) is 5.69 Å². The number of nitrogens with two attached hydrogens (primary N) is 1. The molecule has 5 nitrogen and oxygen atoms in total. The van der Waals surface area contributed by atoms with E-state index >= 15 is 0 Å². The van der Waals surface area contributed by atoms with Crippen molar-refractivity contribution >= 4 is 23.0 Å². The normalized spacial score (nSPS) is 10.4. The Kier molecular flexibility index (Phi) is 4.13. The van der Waals surface area contributed by atoms with E-state index < -0.39 is 5.97 Å². The molecule has 0 aliphatic heterocycles. The highest BCUT2D eigenvalue weighted by molar-refractivity contribution is 7.17. The fourth-order valence-electron chi connectivity index (χ4n) is 1.65. The summed E-state index contributed by atoms with van der Waals surface area (Å²) in [6.07, 6.45) is 0. The van der Waals surface area contributed by atoms with Gasteiger partial charge in [0.05, 0.1) is 19.4 Å². The van der Waals surface area contributed by atoms with Gasteiger partial charge >= 0.3 is 5.97 Å². The van der Waals surface area contributed by atoms with Crippen molar-refractivity contribution in [3.8, 4) is 10.6 Å². The lowest BCUT2D eigenvalue weighted by molar-refractivity contribution is 0.0601. The highest BCUT2D eigenvalue weighted by Crippen LogP contribution is 2.32. The number of carbonyl (C=O) groups is 1. The third kappa shape index (κ3) is 2.74. The lowest BCUT2D eigenvalue weighted by Gasteiger charge is -2.00. The molecule has 1 aromatic carbocycles. The number of esters is 1. The summed E-state index contributed by atoms with van der Waals surface area (Å²) in [5.74, 6) is -0.412. The number of aromatic nitrogens is 1. The van der Waals surface area contributed by atoms with E-state index in [4.69, 9.17) is 15.2 Å². The molecule has 1 aromatic heterocycles. The number of hydrogen-bond donors (Lipinski definition) is 1. The summed E-state index contributed by atoms with van der Waals surface area (Å²) in [7, 11) is 2.89. The van der Waals surface area contributed by atoms with Crippen LogP contribution in [-0.4, -0.2) is 25.2 Å². The predicted octanol–water partition coefficient (Wildman–Crippen LogP) is 2.33. The van der Waals surface area contributed by atoms with Gasteiger partial charge in [0, 0.05) is 18.4 Å². The third-order valence-electron chi connectivity index (χ3n) is 2.54. The van der Waals surface area contributed by atoms with Crippen LogP contribution in [-0.2, 0) is 16.1 Å². The maximum absolute atomic E-state index is 11.7. The molecular weight excluding hydrogens is 264 g/mol. The molecule has 0 amide bonds. The zero-order valence-corrected chi connectivity index (χ0v) is 11.5. The Morgan fingerprint density at radius 1 is 1.37 bits per heavy atom. The molecule has 2 aromatic rings. The second-order valence-electron chi connectivity index (χ2n) is 3.81. The van der Waals surface area contributed by atoms with E-state index in [1.807, 2.05) is 18.2 Å². The van der Waals surface area contributed by atoms with Crippen molar-refractivity contribution in [1.82, 2.24) is 4.98 Å². The van der Waals surface area contributed by atoms with Gasteiger partial charge in [-0.15, -0.1) is 11.3 Å². The number of para-hydroxylation sites is 1. The number of benzene rings is 1. The first-order valence-electron chi connectivity index (χ1n) is 5.59. The maximum atomic E-state index is 11.7. The molecule has 0 unspecified atom stereocenters. The van der Waals surface area contributed by atoms with Crippen LogP contribution in [0.1, 0.15) is 15.4 Å². The molecular formula is C13H14N2O3S. The first kappa shape index (κ1) is 13.5. The Morgan fingerprint density at radius 3 is 2.74 bits per heavy atom. The van der Waals surface area contributed by atoms with E-state index in [0.717, 1.165) is 5.56 Å². The predicted molar refractivity (Wildman–Crippen MR) is 74.0 cm³/mol. The molecule has 0 saturated carbocycles. The van der Waals surface area contributed by atoms with Crippen LogP contribution in [0, 0.1) is 0 Å². The van der Waals surface area contributed by atoms with Crippen molar-refractivity contribution in [3.05, 3.63) is 34.8 Å². The third-order valence-corrected chi connectivity index (χ3v) is 3.65. The first-order valence-corrected chi connectivity index (χ1v) is 6.40. The highest BCUT2D eigenvalue weighted by Gasteiger charge is 2.20. The summed E-state index contributed by atoms with van der Waals surface area (Å²) in [5.41, 5.74) is 7.91. The smallest absolute Gasteiger partial charge is 0.350 e. The summed E-state index contributed by atoms with van der Waals surface area (Å²) < 4.78 is 9.80. The van der Waals surface area contributed by atoms with Crippen molar-refractivity contribution in [3.63, 3.8) is 0 Å². The Hall–Kier alpha value is -1.92. The molecule has 0 aliphatic carbocycles. The number of methoxy groups -OCH3 is 2. The maximum Gasteiger partial charge on any atom is 0.350 e. The van der Waals surface area contributed by atoms with Gasteiger partial charge in [-0.05, 0) is 12.1 Å². The van der Waals surface area contributed by atoms with Crippen molar-refractivity contribution in [1.29, 1.82) is 0 Å². The van der Waals surface area contributed by atoms with Gasteiger partial charge in [0.25, 0.3) is 0 Å². The topological polar surface area (TPSA) is 74.4 Å². The molecule has 0 aliphatic rings. The average molecular weight is 278 g/mol. The second kappa shape index (κ2) is 5.81. The lowest BCUT2D eigenvalue weighted by Crippen LogP contribution is -2.03. The number of thiazole rings is 1. The number of nitrogen functional groups attached to an aromatic ring is 1. The Balaban J connectivity index is 2.48. The zero-order chi connectivity index (χ0) is 13.8. The zero-order valence-electron chi connectivity index (χ0n) is 10.7. The standard InChI is InChI=1S/C13H14N2O3S/c1-17-7-10-11(13(16)18-2)19-12(15-10)8-5-3-4-6-9(8)14/h3-6H,7,14H2,1-2H3. The summed E-state index contributed by atoms with van der Waals surface area (Å²) in [6, 6.07) is 7.39. The summed E-state index contributed by atoms with van der Waals surface area (Å²) in [5, 5.41) is 0.686. The summed E-state index contributed by atoms with van der Waals surface area (Å²) >= 11 is 1.25. The molecule has 0 radical (unpaired) electrons. The van der Waals surface area contributed by atoms with Crippen molar-refractivity contribution in [2.45, 2.75) is 6.61 Å². The first-order chi connectivity index (χ1) is 9.17. The van der Waals surface area contributed by atoms with E-state index in [2.05, 4.69) is 4.98 Å². The Morgan fingerprint density at radius 2 is 2.11 bits per heavy atom. The number of ether oxygens (including phenoxy) is 2.